The summed E-state index contributed by atoms with van der Waals surface area (Å²) >= 11 is 9.29. The molecule has 0 unspecified atom stereocenters. The van der Waals surface area contributed by atoms with Crippen LogP contribution in [0, 0.1) is 0 Å². The number of carbonyl (C=O) groups excluding carboxylic acids is 1. The van der Waals surface area contributed by atoms with Crippen LogP contribution in [0.2, 0.25) is 5.02 Å². The number of methoxy groups -OCH3 is 1. The molecule has 0 heterocycles. The molecule has 0 radical (unpaired) electrons. The SMILES string of the molecule is COc1cccc(CC(=O)Nc2cc(Cl)ccc2Br)c1. The van der Waals surface area contributed by atoms with Gasteiger partial charge in [-0.25, -0.2) is 0 Å². The number of nitrogens with one attached hydrogen (secondary N) is 1. The number of hydrogen-bond acceptors (Lipinski definition) is 2. The fraction of sp³-hybridized carbons (Fsp3) is 0.133. The molecule has 0 fully saturated rings. The van der Waals surface area contributed by atoms with Gasteiger partial charge in [0.2, 0.25) is 5.91 Å². The molecular weight excluding hydrogens is 342 g/mol. The van der Waals surface area contributed by atoms with E-state index in [1.807, 2.05) is 24.3 Å². The first-order valence-electron chi connectivity index (χ1n) is 5.96. The molecule has 1 N–H and O–H groups in total. The summed E-state index contributed by atoms with van der Waals surface area (Å²) in [6, 6.07) is 12.7. The van der Waals surface area contributed by atoms with Gasteiger partial charge in [0.25, 0.3) is 0 Å². The summed E-state index contributed by atoms with van der Waals surface area (Å²) in [5, 5.41) is 3.40. The number of halogens is 2. The standard InChI is InChI=1S/C15H13BrClNO2/c1-20-12-4-2-3-10(7-12)8-15(19)18-14-9-11(17)5-6-13(14)16/h2-7,9H,8H2,1H3,(H,18,19). The molecule has 0 saturated heterocycles. The smallest absolute Gasteiger partial charge is 0.228 e. The molecule has 0 spiro atoms. The third kappa shape index (κ3) is 3.99. The number of rotatable bonds is 4. The number of anilines is 1. The van der Waals surface area contributed by atoms with E-state index in [1.165, 1.54) is 0 Å². The minimum absolute atomic E-state index is 0.110. The van der Waals surface area contributed by atoms with Crippen LogP contribution in [0.1, 0.15) is 5.56 Å². The lowest BCUT2D eigenvalue weighted by Gasteiger charge is -2.08. The predicted octanol–water partition coefficient (Wildman–Crippen LogP) is 4.29. The lowest BCUT2D eigenvalue weighted by molar-refractivity contribution is -0.115. The lowest BCUT2D eigenvalue weighted by Crippen LogP contribution is -2.14. The van der Waals surface area contributed by atoms with E-state index in [4.69, 9.17) is 16.3 Å². The van der Waals surface area contributed by atoms with E-state index < -0.39 is 0 Å². The number of ether oxygens (including phenoxy) is 1. The summed E-state index contributed by atoms with van der Waals surface area (Å²) < 4.78 is 5.93. The summed E-state index contributed by atoms with van der Waals surface area (Å²) in [6.45, 7) is 0. The molecule has 5 heteroatoms. The summed E-state index contributed by atoms with van der Waals surface area (Å²) in [5.41, 5.74) is 1.55. The van der Waals surface area contributed by atoms with E-state index in [1.54, 1.807) is 25.3 Å². The van der Waals surface area contributed by atoms with Crippen LogP contribution in [0.5, 0.6) is 5.75 Å². The Kier molecular flexibility index (Phi) is 5.04. The van der Waals surface area contributed by atoms with E-state index in [0.717, 1.165) is 15.8 Å². The summed E-state index contributed by atoms with van der Waals surface area (Å²) in [5.74, 6) is 0.625. The third-order valence-corrected chi connectivity index (χ3v) is 3.63. The number of carbonyl (C=O) groups is 1. The monoisotopic (exact) mass is 353 g/mol. The quantitative estimate of drug-likeness (QED) is 0.889. The van der Waals surface area contributed by atoms with Gasteiger partial charge in [-0.15, -0.1) is 0 Å². The molecule has 1 amide bonds. The highest BCUT2D eigenvalue weighted by atomic mass is 79.9. The molecule has 3 nitrogen and oxygen atoms in total. The van der Waals surface area contributed by atoms with Gasteiger partial charge >= 0.3 is 0 Å². The second-order valence-corrected chi connectivity index (χ2v) is 5.49. The Bertz CT molecular complexity index is 631. The van der Waals surface area contributed by atoms with Crippen LogP contribution >= 0.6 is 27.5 Å². The molecule has 0 saturated carbocycles. The minimum atomic E-state index is -0.110. The van der Waals surface area contributed by atoms with E-state index in [9.17, 15) is 4.79 Å². The molecule has 0 bridgehead atoms. The van der Waals surface area contributed by atoms with Crippen molar-refractivity contribution in [3.8, 4) is 5.75 Å². The van der Waals surface area contributed by atoms with Gasteiger partial charge in [-0.05, 0) is 51.8 Å². The zero-order valence-corrected chi connectivity index (χ0v) is 13.2. The lowest BCUT2D eigenvalue weighted by atomic mass is 10.1. The average molecular weight is 355 g/mol. The van der Waals surface area contributed by atoms with E-state index >= 15 is 0 Å². The second kappa shape index (κ2) is 6.77. The third-order valence-electron chi connectivity index (χ3n) is 2.70. The van der Waals surface area contributed by atoms with Gasteiger partial charge in [-0.2, -0.15) is 0 Å². The fourth-order valence-corrected chi connectivity index (χ4v) is 2.27. The van der Waals surface area contributed by atoms with Crippen LogP contribution in [0.25, 0.3) is 0 Å². The molecule has 2 aromatic carbocycles. The van der Waals surface area contributed by atoms with Gasteiger partial charge in [-0.3, -0.25) is 4.79 Å². The highest BCUT2D eigenvalue weighted by molar-refractivity contribution is 9.10. The summed E-state index contributed by atoms with van der Waals surface area (Å²) in [7, 11) is 1.60. The fourth-order valence-electron chi connectivity index (χ4n) is 1.76. The Hall–Kier alpha value is -1.52. The van der Waals surface area contributed by atoms with Crippen molar-refractivity contribution in [1.82, 2.24) is 0 Å². The van der Waals surface area contributed by atoms with E-state index in [2.05, 4.69) is 21.2 Å². The number of benzene rings is 2. The Morgan fingerprint density at radius 1 is 1.30 bits per heavy atom. The molecule has 0 aliphatic heterocycles. The van der Waals surface area contributed by atoms with E-state index in [0.29, 0.717) is 10.7 Å². The molecule has 20 heavy (non-hydrogen) atoms. The van der Waals surface area contributed by atoms with Gasteiger partial charge in [-0.1, -0.05) is 23.7 Å². The highest BCUT2D eigenvalue weighted by Gasteiger charge is 2.08. The van der Waals surface area contributed by atoms with Gasteiger partial charge in [0.05, 0.1) is 19.2 Å². The van der Waals surface area contributed by atoms with Crippen molar-refractivity contribution < 1.29 is 9.53 Å². The molecule has 0 atom stereocenters. The second-order valence-electron chi connectivity index (χ2n) is 4.20. The van der Waals surface area contributed by atoms with Gasteiger partial charge in [0.1, 0.15) is 5.75 Å². The van der Waals surface area contributed by atoms with Crippen molar-refractivity contribution in [3.63, 3.8) is 0 Å². The van der Waals surface area contributed by atoms with Crippen LogP contribution in [-0.2, 0) is 11.2 Å². The molecule has 0 aliphatic carbocycles. The number of amides is 1. The van der Waals surface area contributed by atoms with Crippen LogP contribution in [0.4, 0.5) is 5.69 Å². The topological polar surface area (TPSA) is 38.3 Å². The van der Waals surface area contributed by atoms with Crippen LogP contribution in [0.3, 0.4) is 0 Å². The summed E-state index contributed by atoms with van der Waals surface area (Å²) in [4.78, 5) is 12.0. The number of hydrogen-bond donors (Lipinski definition) is 1. The van der Waals surface area contributed by atoms with Crippen molar-refractivity contribution in [2.24, 2.45) is 0 Å². The zero-order valence-electron chi connectivity index (χ0n) is 10.8. The van der Waals surface area contributed by atoms with Crippen molar-refractivity contribution in [3.05, 3.63) is 57.5 Å². The molecule has 0 aliphatic rings. The Morgan fingerprint density at radius 3 is 2.85 bits per heavy atom. The van der Waals surface area contributed by atoms with Crippen molar-refractivity contribution in [2.75, 3.05) is 12.4 Å². The van der Waals surface area contributed by atoms with Crippen molar-refractivity contribution >= 4 is 39.1 Å². The predicted molar refractivity (Wildman–Crippen MR) is 84.5 cm³/mol. The van der Waals surface area contributed by atoms with Gasteiger partial charge < -0.3 is 10.1 Å². The maximum Gasteiger partial charge on any atom is 0.228 e. The molecular formula is C15H13BrClNO2. The van der Waals surface area contributed by atoms with Crippen molar-refractivity contribution in [1.29, 1.82) is 0 Å². The maximum atomic E-state index is 12.0. The molecule has 104 valence electrons. The minimum Gasteiger partial charge on any atom is -0.497 e. The maximum absolute atomic E-state index is 12.0. The highest BCUT2D eigenvalue weighted by Crippen LogP contribution is 2.26. The average Bonchev–Trinajstić information content (AvgIpc) is 2.43. The molecule has 2 rings (SSSR count). The molecule has 0 aromatic heterocycles. The first kappa shape index (κ1) is 14.9. The van der Waals surface area contributed by atoms with Gasteiger partial charge in [0.15, 0.2) is 0 Å². The Balaban J connectivity index is 2.07. The zero-order chi connectivity index (χ0) is 14.5. The molecule has 2 aromatic rings. The van der Waals surface area contributed by atoms with Crippen molar-refractivity contribution in [2.45, 2.75) is 6.42 Å². The van der Waals surface area contributed by atoms with Crippen LogP contribution in [0.15, 0.2) is 46.9 Å². The largest absolute Gasteiger partial charge is 0.497 e. The first-order chi connectivity index (χ1) is 9.58. The Morgan fingerprint density at radius 2 is 2.10 bits per heavy atom. The van der Waals surface area contributed by atoms with E-state index in [-0.39, 0.29) is 12.3 Å². The van der Waals surface area contributed by atoms with Crippen LogP contribution < -0.4 is 10.1 Å². The van der Waals surface area contributed by atoms with Gasteiger partial charge in [0, 0.05) is 9.50 Å². The Labute approximate surface area is 131 Å². The van der Waals surface area contributed by atoms with Crippen LogP contribution in [-0.4, -0.2) is 13.0 Å². The normalized spacial score (nSPS) is 10.2. The summed E-state index contributed by atoms with van der Waals surface area (Å²) in [6.07, 6.45) is 0.274. The first-order valence-corrected chi connectivity index (χ1v) is 7.13.